The highest BCUT2D eigenvalue weighted by Crippen LogP contribution is 2.24. The number of hydrogen-bond acceptors (Lipinski definition) is 3. The normalized spacial score (nSPS) is 21.3. The molecule has 2 unspecified atom stereocenters. The topological polar surface area (TPSA) is 72.9 Å². The molecule has 7 heteroatoms. The van der Waals surface area contributed by atoms with Gasteiger partial charge < -0.3 is 11.1 Å². The summed E-state index contributed by atoms with van der Waals surface area (Å²) in [6.45, 7) is 1.31. The van der Waals surface area contributed by atoms with Crippen molar-refractivity contribution in [2.75, 3.05) is 6.54 Å². The van der Waals surface area contributed by atoms with Crippen LogP contribution < -0.4 is 11.1 Å². The van der Waals surface area contributed by atoms with E-state index in [1.54, 1.807) is 10.9 Å². The van der Waals surface area contributed by atoms with E-state index in [9.17, 15) is 4.79 Å². The third-order valence-electron chi connectivity index (χ3n) is 3.44. The third-order valence-corrected chi connectivity index (χ3v) is 3.44. The Morgan fingerprint density at radius 1 is 1.42 bits per heavy atom. The lowest BCUT2D eigenvalue weighted by molar-refractivity contribution is -0.122. The van der Waals surface area contributed by atoms with Crippen LogP contribution in [0.5, 0.6) is 0 Å². The van der Waals surface area contributed by atoms with Crippen molar-refractivity contribution in [1.82, 2.24) is 15.1 Å². The van der Waals surface area contributed by atoms with Crippen LogP contribution in [-0.4, -0.2) is 28.3 Å². The molecule has 1 saturated carbocycles. The average molecular weight is 309 g/mol. The van der Waals surface area contributed by atoms with Crippen molar-refractivity contribution in [2.45, 2.75) is 38.3 Å². The Morgan fingerprint density at radius 3 is 2.84 bits per heavy atom. The van der Waals surface area contributed by atoms with Crippen LogP contribution in [0.3, 0.4) is 0 Å². The van der Waals surface area contributed by atoms with Crippen LogP contribution in [0.25, 0.3) is 0 Å². The van der Waals surface area contributed by atoms with Gasteiger partial charge in [-0.2, -0.15) is 5.10 Å². The van der Waals surface area contributed by atoms with Crippen molar-refractivity contribution in [3.63, 3.8) is 0 Å². The molecule has 1 aromatic rings. The van der Waals surface area contributed by atoms with Gasteiger partial charge in [0.05, 0.1) is 0 Å². The molecule has 1 aliphatic rings. The summed E-state index contributed by atoms with van der Waals surface area (Å²) in [6, 6.07) is 2.14. The van der Waals surface area contributed by atoms with Gasteiger partial charge in [0.25, 0.3) is 0 Å². The second-order valence-electron chi connectivity index (χ2n) is 4.62. The summed E-state index contributed by atoms with van der Waals surface area (Å²) < 4.78 is 1.77. The number of aryl methyl sites for hydroxylation is 1. The van der Waals surface area contributed by atoms with Crippen LogP contribution in [0.15, 0.2) is 18.5 Å². The fourth-order valence-corrected chi connectivity index (χ4v) is 2.44. The second-order valence-corrected chi connectivity index (χ2v) is 4.62. The highest BCUT2D eigenvalue weighted by Gasteiger charge is 2.26. The van der Waals surface area contributed by atoms with Crippen LogP contribution in [0.2, 0.25) is 0 Å². The molecule has 1 heterocycles. The second kappa shape index (κ2) is 9.18. The number of carbonyl (C=O) groups excluding carboxylic acids is 1. The van der Waals surface area contributed by atoms with E-state index < -0.39 is 0 Å². The molecular weight excluding hydrogens is 287 g/mol. The Balaban J connectivity index is 0.00000162. The lowest BCUT2D eigenvalue weighted by atomic mass is 10.0. The first kappa shape index (κ1) is 18.2. The van der Waals surface area contributed by atoms with Crippen LogP contribution in [0, 0.1) is 5.92 Å². The first-order chi connectivity index (χ1) is 8.29. The number of amides is 1. The van der Waals surface area contributed by atoms with Crippen LogP contribution in [-0.2, 0) is 11.3 Å². The van der Waals surface area contributed by atoms with Crippen LogP contribution in [0.4, 0.5) is 0 Å². The highest BCUT2D eigenvalue weighted by molar-refractivity contribution is 5.85. The monoisotopic (exact) mass is 308 g/mol. The number of nitrogens with two attached hydrogens (primary N) is 1. The standard InChI is InChI=1S/C12H20N4O.2ClH/c13-9-10-3-1-4-11(10)15-12(17)5-8-16-7-2-6-14-16;;/h2,6-7,10-11H,1,3-5,8-9,13H2,(H,15,17);2*1H. The van der Waals surface area contributed by atoms with Gasteiger partial charge in [0.2, 0.25) is 5.91 Å². The fourth-order valence-electron chi connectivity index (χ4n) is 2.44. The van der Waals surface area contributed by atoms with Crippen molar-refractivity contribution in [1.29, 1.82) is 0 Å². The molecule has 0 saturated heterocycles. The van der Waals surface area contributed by atoms with Crippen molar-refractivity contribution in [3.05, 3.63) is 18.5 Å². The summed E-state index contributed by atoms with van der Waals surface area (Å²) in [5.74, 6) is 0.564. The van der Waals surface area contributed by atoms with E-state index in [4.69, 9.17) is 5.73 Å². The molecule has 2 atom stereocenters. The molecule has 0 aliphatic heterocycles. The maximum Gasteiger partial charge on any atom is 0.222 e. The lowest BCUT2D eigenvalue weighted by Crippen LogP contribution is -2.40. The van der Waals surface area contributed by atoms with Crippen LogP contribution in [0.1, 0.15) is 25.7 Å². The van der Waals surface area contributed by atoms with Gasteiger partial charge in [-0.3, -0.25) is 9.48 Å². The maximum absolute atomic E-state index is 11.8. The Bertz CT molecular complexity index is 359. The van der Waals surface area contributed by atoms with Gasteiger partial charge in [-0.15, -0.1) is 24.8 Å². The zero-order valence-corrected chi connectivity index (χ0v) is 12.5. The largest absolute Gasteiger partial charge is 0.353 e. The van der Waals surface area contributed by atoms with Gasteiger partial charge in [-0.05, 0) is 31.4 Å². The quantitative estimate of drug-likeness (QED) is 0.862. The van der Waals surface area contributed by atoms with Crippen molar-refractivity contribution >= 4 is 30.7 Å². The van der Waals surface area contributed by atoms with Crippen molar-refractivity contribution in [3.8, 4) is 0 Å². The van der Waals surface area contributed by atoms with E-state index in [1.165, 1.54) is 6.42 Å². The van der Waals surface area contributed by atoms with E-state index >= 15 is 0 Å². The summed E-state index contributed by atoms with van der Waals surface area (Å²) in [7, 11) is 0. The molecule has 2 rings (SSSR count). The van der Waals surface area contributed by atoms with Crippen molar-refractivity contribution in [2.24, 2.45) is 11.7 Å². The summed E-state index contributed by atoms with van der Waals surface area (Å²) in [4.78, 5) is 11.8. The number of halogens is 2. The first-order valence-corrected chi connectivity index (χ1v) is 6.26. The smallest absolute Gasteiger partial charge is 0.222 e. The predicted octanol–water partition coefficient (Wildman–Crippen LogP) is 1.36. The van der Waals surface area contributed by atoms with Gasteiger partial charge >= 0.3 is 0 Å². The molecule has 19 heavy (non-hydrogen) atoms. The van der Waals surface area contributed by atoms with E-state index in [1.807, 2.05) is 12.3 Å². The number of aromatic nitrogens is 2. The Labute approximate surface area is 126 Å². The van der Waals surface area contributed by atoms with Gasteiger partial charge in [-0.25, -0.2) is 0 Å². The zero-order valence-electron chi connectivity index (χ0n) is 10.8. The molecule has 0 bridgehead atoms. The van der Waals surface area contributed by atoms with Crippen molar-refractivity contribution < 1.29 is 4.79 Å². The number of carbonyl (C=O) groups is 1. The predicted molar refractivity (Wildman–Crippen MR) is 79.7 cm³/mol. The van der Waals surface area contributed by atoms with E-state index in [0.717, 1.165) is 12.8 Å². The molecule has 3 N–H and O–H groups in total. The summed E-state index contributed by atoms with van der Waals surface area (Å²) in [5.41, 5.74) is 5.69. The number of nitrogens with one attached hydrogen (secondary N) is 1. The fraction of sp³-hybridized carbons (Fsp3) is 0.667. The minimum atomic E-state index is 0. The van der Waals surface area contributed by atoms with Gasteiger partial charge in [-0.1, -0.05) is 6.42 Å². The number of nitrogens with zero attached hydrogens (tertiary/aromatic N) is 2. The van der Waals surface area contributed by atoms with Gasteiger partial charge in [0.15, 0.2) is 0 Å². The summed E-state index contributed by atoms with van der Waals surface area (Å²) >= 11 is 0. The number of rotatable bonds is 5. The van der Waals surface area contributed by atoms with Gasteiger partial charge in [0, 0.05) is 31.4 Å². The lowest BCUT2D eigenvalue weighted by Gasteiger charge is -2.19. The Morgan fingerprint density at radius 2 is 2.21 bits per heavy atom. The molecular formula is C12H22Cl2N4O. The zero-order chi connectivity index (χ0) is 12.1. The van der Waals surface area contributed by atoms with E-state index in [2.05, 4.69) is 10.4 Å². The molecule has 1 aromatic heterocycles. The number of hydrogen-bond donors (Lipinski definition) is 2. The minimum absolute atomic E-state index is 0. The molecule has 5 nitrogen and oxygen atoms in total. The first-order valence-electron chi connectivity index (χ1n) is 6.26. The minimum Gasteiger partial charge on any atom is -0.353 e. The molecule has 1 amide bonds. The molecule has 1 aliphatic carbocycles. The molecule has 1 fully saturated rings. The molecule has 0 radical (unpaired) electrons. The average Bonchev–Trinajstić information content (AvgIpc) is 2.97. The maximum atomic E-state index is 11.8. The SMILES string of the molecule is Cl.Cl.NCC1CCCC1NC(=O)CCn1cccn1. The molecule has 0 spiro atoms. The van der Waals surface area contributed by atoms with E-state index in [0.29, 0.717) is 25.4 Å². The van der Waals surface area contributed by atoms with Gasteiger partial charge in [0.1, 0.15) is 0 Å². The molecule has 110 valence electrons. The summed E-state index contributed by atoms with van der Waals surface area (Å²) in [5, 5.41) is 7.15. The van der Waals surface area contributed by atoms with E-state index in [-0.39, 0.29) is 36.8 Å². The Kier molecular flexibility index (Phi) is 8.80. The molecule has 0 aromatic carbocycles. The highest BCUT2D eigenvalue weighted by atomic mass is 35.5. The summed E-state index contributed by atoms with van der Waals surface area (Å²) in [6.07, 6.45) is 7.45. The van der Waals surface area contributed by atoms with Crippen LogP contribution >= 0.6 is 24.8 Å². The Hall–Kier alpha value is -0.780. The third kappa shape index (κ3) is 5.38.